The van der Waals surface area contributed by atoms with Crippen LogP contribution in [0.5, 0.6) is 5.75 Å². The molecular weight excluding hydrogens is 430 g/mol. The van der Waals surface area contributed by atoms with E-state index in [1.165, 1.54) is 4.80 Å². The maximum absolute atomic E-state index is 12.9. The molecular formula is C26H31N5O3. The molecule has 0 unspecified atom stereocenters. The average molecular weight is 462 g/mol. The zero-order valence-electron chi connectivity index (χ0n) is 20.2. The van der Waals surface area contributed by atoms with Gasteiger partial charge in [-0.15, -0.1) is 5.10 Å². The van der Waals surface area contributed by atoms with E-state index < -0.39 is 0 Å². The van der Waals surface area contributed by atoms with Crippen LogP contribution in [0.25, 0.3) is 5.69 Å². The highest BCUT2D eigenvalue weighted by atomic mass is 16.5. The van der Waals surface area contributed by atoms with Gasteiger partial charge in [-0.2, -0.15) is 9.90 Å². The van der Waals surface area contributed by atoms with Gasteiger partial charge in [-0.1, -0.05) is 35.9 Å². The SMILES string of the molecule is COc1ccccc1CC(=O)N1CCC(NC(=O)c2nn(-c3ccc(C)cc3C)nc2C)CC1. The minimum atomic E-state index is -0.229. The van der Waals surface area contributed by atoms with Crippen molar-refractivity contribution in [1.82, 2.24) is 25.2 Å². The summed E-state index contributed by atoms with van der Waals surface area (Å²) in [5, 5.41) is 12.0. The summed E-state index contributed by atoms with van der Waals surface area (Å²) in [6, 6.07) is 13.6. The third kappa shape index (κ3) is 5.11. The van der Waals surface area contributed by atoms with E-state index in [0.29, 0.717) is 43.7 Å². The third-order valence-corrected chi connectivity index (χ3v) is 6.28. The highest BCUT2D eigenvalue weighted by Gasteiger charge is 2.26. The smallest absolute Gasteiger partial charge is 0.273 e. The number of carbonyl (C=O) groups excluding carboxylic acids is 2. The van der Waals surface area contributed by atoms with E-state index in [2.05, 4.69) is 21.6 Å². The maximum atomic E-state index is 12.9. The quantitative estimate of drug-likeness (QED) is 0.609. The van der Waals surface area contributed by atoms with Gasteiger partial charge in [0.15, 0.2) is 5.69 Å². The number of para-hydroxylation sites is 1. The fourth-order valence-electron chi connectivity index (χ4n) is 4.38. The second kappa shape index (κ2) is 10.1. The Morgan fingerprint density at radius 1 is 1.06 bits per heavy atom. The zero-order chi connectivity index (χ0) is 24.2. The number of amides is 2. The van der Waals surface area contributed by atoms with Gasteiger partial charge in [-0.3, -0.25) is 9.59 Å². The number of rotatable bonds is 6. The van der Waals surface area contributed by atoms with Crippen LogP contribution in [0.2, 0.25) is 0 Å². The molecule has 8 heteroatoms. The molecule has 2 heterocycles. The van der Waals surface area contributed by atoms with Gasteiger partial charge in [0, 0.05) is 24.7 Å². The monoisotopic (exact) mass is 461 g/mol. The second-order valence-electron chi connectivity index (χ2n) is 8.83. The molecule has 0 radical (unpaired) electrons. The molecule has 2 aromatic carbocycles. The molecule has 1 aliphatic heterocycles. The van der Waals surface area contributed by atoms with Gasteiger partial charge < -0.3 is 15.0 Å². The second-order valence-corrected chi connectivity index (χ2v) is 8.83. The van der Waals surface area contributed by atoms with E-state index in [0.717, 1.165) is 28.1 Å². The number of nitrogens with one attached hydrogen (secondary N) is 1. The zero-order valence-corrected chi connectivity index (χ0v) is 20.2. The molecule has 0 saturated carbocycles. The first kappa shape index (κ1) is 23.5. The Labute approximate surface area is 199 Å². The molecule has 1 saturated heterocycles. The van der Waals surface area contributed by atoms with Crippen LogP contribution in [-0.2, 0) is 11.2 Å². The predicted octanol–water partition coefficient (Wildman–Crippen LogP) is 3.16. The first-order valence-electron chi connectivity index (χ1n) is 11.6. The highest BCUT2D eigenvalue weighted by molar-refractivity contribution is 5.93. The summed E-state index contributed by atoms with van der Waals surface area (Å²) >= 11 is 0. The van der Waals surface area contributed by atoms with Crippen LogP contribution < -0.4 is 10.1 Å². The molecule has 1 N–H and O–H groups in total. The van der Waals surface area contributed by atoms with E-state index in [1.807, 2.05) is 55.1 Å². The first-order chi connectivity index (χ1) is 16.4. The summed E-state index contributed by atoms with van der Waals surface area (Å²) in [5.41, 5.74) is 4.86. The molecule has 0 aliphatic carbocycles. The van der Waals surface area contributed by atoms with E-state index >= 15 is 0 Å². The number of hydrogen-bond donors (Lipinski definition) is 1. The number of piperidine rings is 1. The normalized spacial score (nSPS) is 14.2. The maximum Gasteiger partial charge on any atom is 0.273 e. The molecule has 8 nitrogen and oxygen atoms in total. The Balaban J connectivity index is 1.34. The van der Waals surface area contributed by atoms with Crippen LogP contribution in [-0.4, -0.2) is 57.9 Å². The lowest BCUT2D eigenvalue weighted by Gasteiger charge is -2.32. The Kier molecular flexibility index (Phi) is 6.95. The number of ether oxygens (including phenoxy) is 1. The minimum absolute atomic E-state index is 0.00604. The van der Waals surface area contributed by atoms with Crippen molar-refractivity contribution >= 4 is 11.8 Å². The van der Waals surface area contributed by atoms with Crippen molar-refractivity contribution in [2.24, 2.45) is 0 Å². The van der Waals surface area contributed by atoms with Crippen LogP contribution in [0.1, 0.15) is 45.7 Å². The van der Waals surface area contributed by atoms with Crippen LogP contribution in [0, 0.1) is 20.8 Å². The van der Waals surface area contributed by atoms with Gasteiger partial charge in [0.2, 0.25) is 5.91 Å². The van der Waals surface area contributed by atoms with E-state index in [1.54, 1.807) is 14.0 Å². The fraction of sp³-hybridized carbons (Fsp3) is 0.385. The number of aryl methyl sites for hydroxylation is 3. The average Bonchev–Trinajstić information content (AvgIpc) is 3.21. The Hall–Kier alpha value is -3.68. The highest BCUT2D eigenvalue weighted by Crippen LogP contribution is 2.20. The van der Waals surface area contributed by atoms with Crippen LogP contribution in [0.3, 0.4) is 0 Å². The molecule has 2 amide bonds. The lowest BCUT2D eigenvalue weighted by molar-refractivity contribution is -0.131. The molecule has 4 rings (SSSR count). The summed E-state index contributed by atoms with van der Waals surface area (Å²) in [6.45, 7) is 7.04. The number of aromatic nitrogens is 3. The van der Waals surface area contributed by atoms with Crippen LogP contribution in [0.4, 0.5) is 0 Å². The van der Waals surface area contributed by atoms with Crippen LogP contribution >= 0.6 is 0 Å². The number of benzene rings is 2. The van der Waals surface area contributed by atoms with Crippen molar-refractivity contribution in [3.63, 3.8) is 0 Å². The van der Waals surface area contributed by atoms with Gasteiger partial charge in [0.05, 0.1) is 24.9 Å². The van der Waals surface area contributed by atoms with Crippen molar-refractivity contribution in [2.45, 2.75) is 46.1 Å². The number of hydrogen-bond acceptors (Lipinski definition) is 5. The lowest BCUT2D eigenvalue weighted by Crippen LogP contribution is -2.47. The number of methoxy groups -OCH3 is 1. The van der Waals surface area contributed by atoms with Crippen molar-refractivity contribution in [3.05, 3.63) is 70.5 Å². The summed E-state index contributed by atoms with van der Waals surface area (Å²) in [7, 11) is 1.61. The van der Waals surface area contributed by atoms with E-state index in [4.69, 9.17) is 4.74 Å². The fourth-order valence-corrected chi connectivity index (χ4v) is 4.38. The Bertz CT molecular complexity index is 1190. The van der Waals surface area contributed by atoms with Crippen LogP contribution in [0.15, 0.2) is 42.5 Å². The van der Waals surface area contributed by atoms with Crippen molar-refractivity contribution in [2.75, 3.05) is 20.2 Å². The minimum Gasteiger partial charge on any atom is -0.496 e. The summed E-state index contributed by atoms with van der Waals surface area (Å²) < 4.78 is 5.36. The third-order valence-electron chi connectivity index (χ3n) is 6.28. The standard InChI is InChI=1S/C26H31N5O3/c1-17-9-10-22(18(2)15-17)31-28-19(3)25(29-31)26(33)27-21-11-13-30(14-12-21)24(32)16-20-7-5-6-8-23(20)34-4/h5-10,15,21H,11-14,16H2,1-4H3,(H,27,33). The number of nitrogens with zero attached hydrogens (tertiary/aromatic N) is 4. The summed E-state index contributed by atoms with van der Waals surface area (Å²) in [5.74, 6) is 0.566. The van der Waals surface area contributed by atoms with Gasteiger partial charge >= 0.3 is 0 Å². The molecule has 3 aromatic rings. The molecule has 0 atom stereocenters. The van der Waals surface area contributed by atoms with Gasteiger partial charge in [0.1, 0.15) is 5.75 Å². The number of carbonyl (C=O) groups is 2. The molecule has 178 valence electrons. The van der Waals surface area contributed by atoms with Crippen molar-refractivity contribution in [1.29, 1.82) is 0 Å². The molecule has 0 spiro atoms. The Morgan fingerprint density at radius 3 is 2.50 bits per heavy atom. The van der Waals surface area contributed by atoms with E-state index in [-0.39, 0.29) is 17.9 Å². The number of likely N-dealkylation sites (tertiary alicyclic amines) is 1. The van der Waals surface area contributed by atoms with Crippen molar-refractivity contribution < 1.29 is 14.3 Å². The molecule has 1 aliphatic rings. The molecule has 1 aromatic heterocycles. The first-order valence-corrected chi connectivity index (χ1v) is 11.6. The van der Waals surface area contributed by atoms with E-state index in [9.17, 15) is 9.59 Å². The largest absolute Gasteiger partial charge is 0.496 e. The molecule has 1 fully saturated rings. The van der Waals surface area contributed by atoms with Gasteiger partial charge in [-0.25, -0.2) is 0 Å². The summed E-state index contributed by atoms with van der Waals surface area (Å²) in [6.07, 6.45) is 1.71. The summed E-state index contributed by atoms with van der Waals surface area (Å²) in [4.78, 5) is 29.1. The van der Waals surface area contributed by atoms with Gasteiger partial charge in [0.25, 0.3) is 5.91 Å². The topological polar surface area (TPSA) is 89.4 Å². The van der Waals surface area contributed by atoms with Gasteiger partial charge in [-0.05, 0) is 51.3 Å². The Morgan fingerprint density at radius 2 is 1.79 bits per heavy atom. The molecule has 34 heavy (non-hydrogen) atoms. The molecule has 0 bridgehead atoms. The lowest BCUT2D eigenvalue weighted by atomic mass is 10.0. The van der Waals surface area contributed by atoms with Crippen molar-refractivity contribution in [3.8, 4) is 11.4 Å². The predicted molar refractivity (Wildman–Crippen MR) is 129 cm³/mol.